The number of nitrogens with zero attached hydrogens (tertiary/aromatic N) is 2. The molecule has 1 aromatic heterocycles. The highest BCUT2D eigenvalue weighted by atomic mass is 32.1. The van der Waals surface area contributed by atoms with E-state index in [1.165, 1.54) is 6.92 Å². The first kappa shape index (κ1) is 28.8. The molecule has 8 heteroatoms. The summed E-state index contributed by atoms with van der Waals surface area (Å²) in [5.41, 5.74) is 4.55. The molecule has 0 aliphatic carbocycles. The molecular formula is C29H42N4O3S. The molecule has 3 rings (SSSR count). The van der Waals surface area contributed by atoms with Crippen LogP contribution in [0, 0.1) is 24.2 Å². The molecule has 2 heterocycles. The van der Waals surface area contributed by atoms with Crippen LogP contribution in [-0.2, 0) is 14.4 Å². The van der Waals surface area contributed by atoms with E-state index in [-0.39, 0.29) is 29.7 Å². The number of likely N-dealkylation sites (tertiary alicyclic amines) is 1. The summed E-state index contributed by atoms with van der Waals surface area (Å²) < 4.78 is 0. The lowest BCUT2D eigenvalue weighted by Crippen LogP contribution is -2.57. The maximum absolute atomic E-state index is 13.7. The van der Waals surface area contributed by atoms with E-state index in [4.69, 9.17) is 0 Å². The quantitative estimate of drug-likeness (QED) is 0.500. The number of carbonyl (C=O) groups is 3. The van der Waals surface area contributed by atoms with Crippen molar-refractivity contribution in [2.75, 3.05) is 6.54 Å². The first-order valence-corrected chi connectivity index (χ1v) is 14.0. The Hall–Kier alpha value is -2.74. The van der Waals surface area contributed by atoms with E-state index in [9.17, 15) is 14.4 Å². The first-order valence-electron chi connectivity index (χ1n) is 13.2. The number of hydrogen-bond acceptors (Lipinski definition) is 5. The average molecular weight is 527 g/mol. The fraction of sp³-hybridized carbons (Fsp3) is 0.586. The number of benzene rings is 1. The molecule has 3 amide bonds. The van der Waals surface area contributed by atoms with Crippen LogP contribution in [0.3, 0.4) is 0 Å². The Kier molecular flexibility index (Phi) is 9.16. The molecule has 1 aliphatic heterocycles. The van der Waals surface area contributed by atoms with E-state index in [1.54, 1.807) is 16.2 Å². The third kappa shape index (κ3) is 7.18. The number of amides is 3. The number of nitrogens with one attached hydrogen (secondary N) is 2. The molecule has 4 atom stereocenters. The van der Waals surface area contributed by atoms with Gasteiger partial charge in [0.2, 0.25) is 17.7 Å². The predicted octanol–water partition coefficient (Wildman–Crippen LogP) is 5.11. The average Bonchev–Trinajstić information content (AvgIpc) is 3.41. The highest BCUT2D eigenvalue weighted by Crippen LogP contribution is 2.31. The topological polar surface area (TPSA) is 91.4 Å². The van der Waals surface area contributed by atoms with Crippen molar-refractivity contribution in [1.29, 1.82) is 0 Å². The lowest BCUT2D eigenvalue weighted by atomic mass is 9.85. The van der Waals surface area contributed by atoms with Crippen molar-refractivity contribution < 1.29 is 14.4 Å². The van der Waals surface area contributed by atoms with Crippen molar-refractivity contribution in [2.24, 2.45) is 17.3 Å². The summed E-state index contributed by atoms with van der Waals surface area (Å²) in [5.74, 6) is -0.0179. The summed E-state index contributed by atoms with van der Waals surface area (Å²) in [6.45, 7) is 16.0. The van der Waals surface area contributed by atoms with Crippen molar-refractivity contribution in [3.05, 3.63) is 41.0 Å². The van der Waals surface area contributed by atoms with Crippen LogP contribution in [0.4, 0.5) is 0 Å². The number of carbonyl (C=O) groups excluding carboxylic acids is 3. The van der Waals surface area contributed by atoms with E-state index >= 15 is 0 Å². The van der Waals surface area contributed by atoms with Gasteiger partial charge in [-0.3, -0.25) is 14.4 Å². The number of rotatable bonds is 8. The second-order valence-electron chi connectivity index (χ2n) is 11.9. The lowest BCUT2D eigenvalue weighted by Gasteiger charge is -2.35. The molecule has 2 aromatic rings. The fourth-order valence-electron chi connectivity index (χ4n) is 5.02. The fourth-order valence-corrected chi connectivity index (χ4v) is 5.83. The molecule has 1 fully saturated rings. The van der Waals surface area contributed by atoms with Gasteiger partial charge in [-0.15, -0.1) is 11.3 Å². The molecule has 202 valence electrons. The molecule has 0 unspecified atom stereocenters. The maximum Gasteiger partial charge on any atom is 0.246 e. The van der Waals surface area contributed by atoms with E-state index < -0.39 is 17.5 Å². The van der Waals surface area contributed by atoms with Gasteiger partial charge in [0, 0.05) is 13.5 Å². The van der Waals surface area contributed by atoms with Crippen molar-refractivity contribution in [1.82, 2.24) is 20.5 Å². The molecule has 0 saturated carbocycles. The second-order valence-corrected chi connectivity index (χ2v) is 12.8. The van der Waals surface area contributed by atoms with Crippen molar-refractivity contribution in [3.8, 4) is 10.4 Å². The first-order chi connectivity index (χ1) is 17.3. The van der Waals surface area contributed by atoms with E-state index in [0.717, 1.165) is 28.1 Å². The lowest BCUT2D eigenvalue weighted by molar-refractivity contribution is -0.143. The van der Waals surface area contributed by atoms with Gasteiger partial charge in [-0.2, -0.15) is 0 Å². The molecule has 1 aromatic carbocycles. The molecule has 1 saturated heterocycles. The molecule has 0 spiro atoms. The van der Waals surface area contributed by atoms with Crippen molar-refractivity contribution in [3.63, 3.8) is 0 Å². The zero-order valence-electron chi connectivity index (χ0n) is 23.4. The third-order valence-corrected chi connectivity index (χ3v) is 7.88. The van der Waals surface area contributed by atoms with Crippen LogP contribution in [0.15, 0.2) is 29.8 Å². The molecule has 7 nitrogen and oxygen atoms in total. The minimum atomic E-state index is -0.695. The Labute approximate surface area is 225 Å². The molecule has 0 bridgehead atoms. The van der Waals surface area contributed by atoms with Gasteiger partial charge < -0.3 is 15.5 Å². The second kappa shape index (κ2) is 11.8. The molecule has 2 N–H and O–H groups in total. The normalized spacial score (nSPS) is 19.5. The molecule has 0 radical (unpaired) electrons. The highest BCUT2D eigenvalue weighted by molar-refractivity contribution is 7.13. The summed E-state index contributed by atoms with van der Waals surface area (Å²) in [6.07, 6.45) is 1.39. The molecule has 1 aliphatic rings. The van der Waals surface area contributed by atoms with Crippen molar-refractivity contribution in [2.45, 2.75) is 86.4 Å². The summed E-state index contributed by atoms with van der Waals surface area (Å²) in [4.78, 5) is 46.3. The minimum Gasteiger partial charge on any atom is -0.347 e. The van der Waals surface area contributed by atoms with Gasteiger partial charge in [0.1, 0.15) is 12.1 Å². The van der Waals surface area contributed by atoms with Crippen molar-refractivity contribution >= 4 is 29.1 Å². The Bertz CT molecular complexity index is 1100. The highest BCUT2D eigenvalue weighted by Gasteiger charge is 2.43. The van der Waals surface area contributed by atoms with Gasteiger partial charge in [0.05, 0.1) is 22.1 Å². The standard InChI is InChI=1S/C29H42N4O3S/c1-17(2)13-23(21-9-11-22(12-10-21)25-19(4)30-16-37-25)32-27(35)24-14-18(3)15-33(24)28(36)26(29(6,7)8)31-20(5)34/h9-12,16-18,23-24,26H,13-15H2,1-8H3,(H,31,34)(H,32,35)/t18-,23+,24+,26-/m1/s1. The van der Waals surface area contributed by atoms with Crippen LogP contribution < -0.4 is 10.6 Å². The summed E-state index contributed by atoms with van der Waals surface area (Å²) >= 11 is 1.62. The van der Waals surface area contributed by atoms with Crippen LogP contribution >= 0.6 is 11.3 Å². The smallest absolute Gasteiger partial charge is 0.246 e. The number of hydrogen-bond donors (Lipinski definition) is 2. The number of thiazole rings is 1. The van der Waals surface area contributed by atoms with E-state index in [0.29, 0.717) is 18.9 Å². The number of aryl methyl sites for hydroxylation is 1. The summed E-state index contributed by atoms with van der Waals surface area (Å²) in [7, 11) is 0. The minimum absolute atomic E-state index is 0.138. The van der Waals surface area contributed by atoms with Gasteiger partial charge in [-0.1, -0.05) is 65.8 Å². The zero-order chi connectivity index (χ0) is 27.5. The van der Waals surface area contributed by atoms with Gasteiger partial charge >= 0.3 is 0 Å². The largest absolute Gasteiger partial charge is 0.347 e. The monoisotopic (exact) mass is 526 g/mol. The van der Waals surface area contributed by atoms with Crippen LogP contribution in [0.2, 0.25) is 0 Å². The SMILES string of the molecule is CC(=O)N[C@H](C(=O)N1C[C@H](C)C[C@H]1C(=O)N[C@@H](CC(C)C)c1ccc(-c2scnc2C)cc1)C(C)(C)C. The zero-order valence-corrected chi connectivity index (χ0v) is 24.2. The van der Waals surface area contributed by atoms with E-state index in [2.05, 4.69) is 60.7 Å². The van der Waals surface area contributed by atoms with Gasteiger partial charge in [-0.25, -0.2) is 4.98 Å². The van der Waals surface area contributed by atoms with E-state index in [1.807, 2.05) is 33.2 Å². The Morgan fingerprint density at radius 1 is 1.14 bits per heavy atom. The summed E-state index contributed by atoms with van der Waals surface area (Å²) in [5, 5.41) is 6.08. The van der Waals surface area contributed by atoms with Crippen LogP contribution in [-0.4, -0.2) is 46.2 Å². The van der Waals surface area contributed by atoms with Crippen LogP contribution in [0.25, 0.3) is 10.4 Å². The number of aromatic nitrogens is 1. The Morgan fingerprint density at radius 2 is 1.78 bits per heavy atom. The summed E-state index contributed by atoms with van der Waals surface area (Å²) in [6, 6.07) is 6.91. The van der Waals surface area contributed by atoms with Crippen LogP contribution in [0.1, 0.15) is 78.6 Å². The Balaban J connectivity index is 1.82. The van der Waals surface area contributed by atoms with Crippen LogP contribution in [0.5, 0.6) is 0 Å². The van der Waals surface area contributed by atoms with Gasteiger partial charge in [-0.05, 0) is 48.1 Å². The molecule has 37 heavy (non-hydrogen) atoms. The third-order valence-electron chi connectivity index (χ3n) is 6.90. The Morgan fingerprint density at radius 3 is 2.30 bits per heavy atom. The van der Waals surface area contributed by atoms with Gasteiger partial charge in [0.25, 0.3) is 0 Å². The predicted molar refractivity (Wildman–Crippen MR) is 149 cm³/mol. The maximum atomic E-state index is 13.7. The van der Waals surface area contributed by atoms with Gasteiger partial charge in [0.15, 0.2) is 0 Å². The molecular weight excluding hydrogens is 484 g/mol.